The van der Waals surface area contributed by atoms with E-state index in [-0.39, 0.29) is 17.8 Å². The van der Waals surface area contributed by atoms with Gasteiger partial charge in [-0.25, -0.2) is 4.39 Å². The van der Waals surface area contributed by atoms with Crippen molar-refractivity contribution in [2.24, 2.45) is 7.05 Å². The van der Waals surface area contributed by atoms with Crippen LogP contribution in [0, 0.1) is 5.82 Å². The van der Waals surface area contributed by atoms with Crippen molar-refractivity contribution in [3.8, 4) is 5.75 Å². The van der Waals surface area contributed by atoms with Gasteiger partial charge in [0.1, 0.15) is 23.4 Å². The molecule has 1 aliphatic heterocycles. The van der Waals surface area contributed by atoms with Crippen molar-refractivity contribution in [1.29, 1.82) is 0 Å². The lowest BCUT2D eigenvalue weighted by atomic mass is 10.2. The fraction of sp³-hybridized carbons (Fsp3) is 0.250. The molecule has 25 heavy (non-hydrogen) atoms. The molecule has 0 saturated carbocycles. The molecular weight excluding hydrogens is 319 g/mol. The van der Waals surface area contributed by atoms with Gasteiger partial charge in [0.05, 0.1) is 6.54 Å². The monoisotopic (exact) mass is 338 g/mol. The van der Waals surface area contributed by atoms with Gasteiger partial charge in [0.2, 0.25) is 0 Å². The van der Waals surface area contributed by atoms with Crippen LogP contribution in [0.5, 0.6) is 5.75 Å². The minimum Gasteiger partial charge on any atom is -0.489 e. The zero-order valence-electron chi connectivity index (χ0n) is 14.0. The van der Waals surface area contributed by atoms with Gasteiger partial charge in [-0.2, -0.15) is 0 Å². The SMILES string of the molecule is Cn1c(C(=O)N2CCC(Oc3ccccc3)C2)cc2cc(F)ccc21. The van der Waals surface area contributed by atoms with Gasteiger partial charge in [0.25, 0.3) is 5.91 Å². The molecule has 1 aliphatic rings. The number of fused-ring (bicyclic) bond motifs is 1. The number of para-hydroxylation sites is 1. The Balaban J connectivity index is 1.51. The summed E-state index contributed by atoms with van der Waals surface area (Å²) < 4.78 is 21.2. The van der Waals surface area contributed by atoms with E-state index in [9.17, 15) is 9.18 Å². The quantitative estimate of drug-likeness (QED) is 0.731. The highest BCUT2D eigenvalue weighted by molar-refractivity contribution is 5.98. The van der Waals surface area contributed by atoms with Crippen molar-refractivity contribution in [1.82, 2.24) is 9.47 Å². The Labute approximate surface area is 145 Å². The molecule has 0 radical (unpaired) electrons. The average Bonchev–Trinajstić information content (AvgIpc) is 3.20. The van der Waals surface area contributed by atoms with Crippen molar-refractivity contribution >= 4 is 16.8 Å². The third-order valence-electron chi connectivity index (χ3n) is 4.70. The van der Waals surface area contributed by atoms with Crippen LogP contribution in [0.3, 0.4) is 0 Å². The number of amides is 1. The van der Waals surface area contributed by atoms with E-state index in [1.165, 1.54) is 12.1 Å². The average molecular weight is 338 g/mol. The molecule has 4 rings (SSSR count). The topological polar surface area (TPSA) is 34.5 Å². The number of aryl methyl sites for hydroxylation is 1. The second-order valence-corrected chi connectivity index (χ2v) is 6.38. The zero-order valence-corrected chi connectivity index (χ0v) is 14.0. The molecular formula is C20H19FN2O2. The predicted molar refractivity (Wildman–Crippen MR) is 94.3 cm³/mol. The molecule has 2 aromatic carbocycles. The lowest BCUT2D eigenvalue weighted by Gasteiger charge is -2.17. The highest BCUT2D eigenvalue weighted by Crippen LogP contribution is 2.24. The number of halogens is 1. The highest BCUT2D eigenvalue weighted by atomic mass is 19.1. The Kier molecular flexibility index (Phi) is 3.92. The van der Waals surface area contributed by atoms with Crippen LogP contribution in [0.15, 0.2) is 54.6 Å². The second kappa shape index (κ2) is 6.24. The summed E-state index contributed by atoms with van der Waals surface area (Å²) in [4.78, 5) is 14.7. The molecule has 0 bridgehead atoms. The first-order chi connectivity index (χ1) is 12.1. The van der Waals surface area contributed by atoms with Crippen molar-refractivity contribution in [3.05, 3.63) is 66.1 Å². The summed E-state index contributed by atoms with van der Waals surface area (Å²) in [5, 5.41) is 0.738. The van der Waals surface area contributed by atoms with Crippen molar-refractivity contribution < 1.29 is 13.9 Å². The normalized spacial score (nSPS) is 17.2. The number of hydrogen-bond acceptors (Lipinski definition) is 2. The van der Waals surface area contributed by atoms with Crippen LogP contribution in [-0.4, -0.2) is 34.6 Å². The molecule has 1 fully saturated rings. The molecule has 0 N–H and O–H groups in total. The predicted octanol–water partition coefficient (Wildman–Crippen LogP) is 3.61. The molecule has 0 spiro atoms. The van der Waals surface area contributed by atoms with Crippen molar-refractivity contribution in [3.63, 3.8) is 0 Å². The Morgan fingerprint density at radius 2 is 1.96 bits per heavy atom. The fourth-order valence-electron chi connectivity index (χ4n) is 3.39. The molecule has 3 aromatic rings. The maximum absolute atomic E-state index is 13.4. The van der Waals surface area contributed by atoms with Crippen LogP contribution in [0.2, 0.25) is 0 Å². The van der Waals surface area contributed by atoms with Gasteiger partial charge in [-0.3, -0.25) is 4.79 Å². The van der Waals surface area contributed by atoms with Gasteiger partial charge in [0, 0.05) is 30.9 Å². The lowest BCUT2D eigenvalue weighted by Crippen LogP contribution is -2.32. The number of nitrogens with zero attached hydrogens (tertiary/aromatic N) is 2. The van der Waals surface area contributed by atoms with Gasteiger partial charge in [-0.15, -0.1) is 0 Å². The molecule has 1 saturated heterocycles. The number of benzene rings is 2. The molecule has 128 valence electrons. The van der Waals surface area contributed by atoms with E-state index < -0.39 is 0 Å². The first kappa shape index (κ1) is 15.7. The van der Waals surface area contributed by atoms with Crippen LogP contribution in [0.1, 0.15) is 16.9 Å². The summed E-state index contributed by atoms with van der Waals surface area (Å²) >= 11 is 0. The molecule has 2 heterocycles. The van der Waals surface area contributed by atoms with E-state index in [1.807, 2.05) is 41.9 Å². The standard InChI is InChI=1S/C20H19FN2O2/c1-22-18-8-7-15(21)11-14(18)12-19(22)20(24)23-10-9-17(13-23)25-16-5-3-2-4-6-16/h2-8,11-12,17H,9-10,13H2,1H3. The lowest BCUT2D eigenvalue weighted by molar-refractivity contribution is 0.0763. The highest BCUT2D eigenvalue weighted by Gasteiger charge is 2.29. The molecule has 5 heteroatoms. The van der Waals surface area contributed by atoms with Crippen LogP contribution in [-0.2, 0) is 7.05 Å². The van der Waals surface area contributed by atoms with Gasteiger partial charge < -0.3 is 14.2 Å². The smallest absolute Gasteiger partial charge is 0.270 e. The Hall–Kier alpha value is -2.82. The van der Waals surface area contributed by atoms with Crippen LogP contribution in [0.25, 0.3) is 10.9 Å². The third kappa shape index (κ3) is 2.97. The Morgan fingerprint density at radius 3 is 2.76 bits per heavy atom. The molecule has 1 aromatic heterocycles. The molecule has 0 aliphatic carbocycles. The number of rotatable bonds is 3. The number of likely N-dealkylation sites (tertiary alicyclic amines) is 1. The van der Waals surface area contributed by atoms with E-state index in [1.54, 1.807) is 17.0 Å². The largest absolute Gasteiger partial charge is 0.489 e. The summed E-state index contributed by atoms with van der Waals surface area (Å²) in [5.41, 5.74) is 1.42. The first-order valence-electron chi connectivity index (χ1n) is 8.38. The number of aromatic nitrogens is 1. The minimum atomic E-state index is -0.297. The summed E-state index contributed by atoms with van der Waals surface area (Å²) in [5.74, 6) is 0.481. The fourth-order valence-corrected chi connectivity index (χ4v) is 3.39. The Bertz CT molecular complexity index is 920. The van der Waals surface area contributed by atoms with Gasteiger partial charge in [-0.05, 0) is 36.4 Å². The third-order valence-corrected chi connectivity index (χ3v) is 4.70. The minimum absolute atomic E-state index is 0.00141. The van der Waals surface area contributed by atoms with E-state index in [0.29, 0.717) is 18.8 Å². The maximum Gasteiger partial charge on any atom is 0.270 e. The molecule has 1 unspecified atom stereocenters. The van der Waals surface area contributed by atoms with E-state index in [4.69, 9.17) is 4.74 Å². The second-order valence-electron chi connectivity index (χ2n) is 6.38. The molecule has 4 nitrogen and oxygen atoms in total. The first-order valence-corrected chi connectivity index (χ1v) is 8.38. The van der Waals surface area contributed by atoms with E-state index in [2.05, 4.69) is 0 Å². The molecule has 1 amide bonds. The zero-order chi connectivity index (χ0) is 17.4. The number of hydrogen-bond donors (Lipinski definition) is 0. The molecule has 1 atom stereocenters. The van der Waals surface area contributed by atoms with Gasteiger partial charge >= 0.3 is 0 Å². The van der Waals surface area contributed by atoms with E-state index in [0.717, 1.165) is 23.1 Å². The van der Waals surface area contributed by atoms with Crippen LogP contribution >= 0.6 is 0 Å². The summed E-state index contributed by atoms with van der Waals surface area (Å²) in [6.07, 6.45) is 0.803. The Morgan fingerprint density at radius 1 is 1.16 bits per heavy atom. The van der Waals surface area contributed by atoms with Crippen LogP contribution in [0.4, 0.5) is 4.39 Å². The van der Waals surface area contributed by atoms with Gasteiger partial charge in [-0.1, -0.05) is 18.2 Å². The summed E-state index contributed by atoms with van der Waals surface area (Å²) in [6.45, 7) is 1.22. The van der Waals surface area contributed by atoms with Gasteiger partial charge in [0.15, 0.2) is 0 Å². The number of carbonyl (C=O) groups excluding carboxylic acids is 1. The number of ether oxygens (including phenoxy) is 1. The van der Waals surface area contributed by atoms with Crippen LogP contribution < -0.4 is 4.74 Å². The number of carbonyl (C=O) groups is 1. The summed E-state index contributed by atoms with van der Waals surface area (Å²) in [6, 6.07) is 16.0. The van der Waals surface area contributed by atoms with E-state index >= 15 is 0 Å². The van der Waals surface area contributed by atoms with Crippen molar-refractivity contribution in [2.75, 3.05) is 13.1 Å². The van der Waals surface area contributed by atoms with Crippen molar-refractivity contribution in [2.45, 2.75) is 12.5 Å². The summed E-state index contributed by atoms with van der Waals surface area (Å²) in [7, 11) is 1.83. The maximum atomic E-state index is 13.4.